The van der Waals surface area contributed by atoms with Gasteiger partial charge in [-0.25, -0.2) is 0 Å². The largest absolute Gasteiger partial charge is 0.424 e. The van der Waals surface area contributed by atoms with E-state index in [1.54, 1.807) is 0 Å². The van der Waals surface area contributed by atoms with Gasteiger partial charge >= 0.3 is 12.7 Å². The molecular weight excluding hydrogens is 118 g/mol. The van der Waals surface area contributed by atoms with Gasteiger partial charge in [0.25, 0.3) is 5.95 Å². The molecule has 0 aromatic carbocycles. The summed E-state index contributed by atoms with van der Waals surface area (Å²) in [5.74, 6) is -0.301. The maximum Gasteiger partial charge on any atom is 0.307 e. The fraction of sp³-hybridized carbons (Fsp3) is 0.500. The maximum atomic E-state index is 11.8. The second kappa shape index (κ2) is 1.61. The van der Waals surface area contributed by atoms with Gasteiger partial charge in [-0.3, -0.25) is 0 Å². The van der Waals surface area contributed by atoms with Crippen LogP contribution >= 0.6 is 0 Å². The van der Waals surface area contributed by atoms with Gasteiger partial charge in [0, 0.05) is 0 Å². The molecule has 0 spiro atoms. The van der Waals surface area contributed by atoms with Crippen molar-refractivity contribution in [2.75, 3.05) is 0 Å². The predicted molar refractivity (Wildman–Crippen MR) is 21.1 cm³/mol. The fourth-order valence-corrected chi connectivity index (χ4v) is 0.386. The van der Waals surface area contributed by atoms with Crippen molar-refractivity contribution in [1.82, 2.24) is 0 Å². The van der Waals surface area contributed by atoms with Gasteiger partial charge in [-0.2, -0.15) is 8.78 Å². The number of halogens is 2. The van der Waals surface area contributed by atoms with Crippen LogP contribution in [0, 0.1) is 0 Å². The Balaban J connectivity index is 2.51. The first-order valence-electron chi connectivity index (χ1n) is 2.00. The van der Waals surface area contributed by atoms with Crippen molar-refractivity contribution in [1.29, 1.82) is 0 Å². The lowest BCUT2D eigenvalue weighted by atomic mass is 10.7. The van der Waals surface area contributed by atoms with E-state index in [1.807, 2.05) is 0 Å². The summed E-state index contributed by atoms with van der Waals surface area (Å²) in [6, 6.07) is 0. The SMILES string of the molecule is C=C1O[C@@H](F)[C@H](F)O1. The topological polar surface area (TPSA) is 18.5 Å². The molecule has 0 aliphatic carbocycles. The van der Waals surface area contributed by atoms with Crippen LogP contribution in [0.25, 0.3) is 0 Å². The summed E-state index contributed by atoms with van der Waals surface area (Å²) in [7, 11) is 0. The van der Waals surface area contributed by atoms with E-state index >= 15 is 0 Å². The zero-order valence-corrected chi connectivity index (χ0v) is 3.93. The quantitative estimate of drug-likeness (QED) is 0.479. The first kappa shape index (κ1) is 5.34. The Morgan fingerprint density at radius 1 is 1.25 bits per heavy atom. The summed E-state index contributed by atoms with van der Waals surface area (Å²) in [6.07, 6.45) is -4.00. The highest BCUT2D eigenvalue weighted by atomic mass is 19.2. The first-order chi connectivity index (χ1) is 3.70. The van der Waals surface area contributed by atoms with Crippen molar-refractivity contribution in [2.24, 2.45) is 0 Å². The van der Waals surface area contributed by atoms with Gasteiger partial charge < -0.3 is 9.47 Å². The molecule has 0 aromatic heterocycles. The third-order valence-electron chi connectivity index (χ3n) is 0.694. The number of ether oxygens (including phenoxy) is 2. The third kappa shape index (κ3) is 0.731. The zero-order valence-electron chi connectivity index (χ0n) is 3.93. The van der Waals surface area contributed by atoms with Crippen molar-refractivity contribution in [3.05, 3.63) is 12.5 Å². The Labute approximate surface area is 44.7 Å². The van der Waals surface area contributed by atoms with E-state index < -0.39 is 12.7 Å². The number of alkyl halides is 2. The molecule has 0 aromatic rings. The standard InChI is InChI=1S/C4H4F2O2/c1-2-7-3(5)4(6)8-2/h3-4H,1H2/t3-,4-/m1/s1. The number of hydrogen-bond acceptors (Lipinski definition) is 2. The molecule has 0 radical (unpaired) electrons. The van der Waals surface area contributed by atoms with Gasteiger partial charge in [0.15, 0.2) is 0 Å². The zero-order chi connectivity index (χ0) is 6.15. The summed E-state index contributed by atoms with van der Waals surface area (Å²) in [5.41, 5.74) is 0. The molecule has 4 heteroatoms. The molecule has 1 saturated heterocycles. The minimum Gasteiger partial charge on any atom is -0.424 e. The summed E-state index contributed by atoms with van der Waals surface area (Å²) in [6.45, 7) is 3.03. The average Bonchev–Trinajstić information content (AvgIpc) is 1.85. The van der Waals surface area contributed by atoms with Crippen LogP contribution in [0.2, 0.25) is 0 Å². The van der Waals surface area contributed by atoms with Crippen molar-refractivity contribution >= 4 is 0 Å². The molecule has 1 aliphatic rings. The van der Waals surface area contributed by atoms with Gasteiger partial charge in [0.2, 0.25) is 0 Å². The first-order valence-corrected chi connectivity index (χ1v) is 2.00. The lowest BCUT2D eigenvalue weighted by Crippen LogP contribution is -2.09. The van der Waals surface area contributed by atoms with E-state index in [-0.39, 0.29) is 5.95 Å². The van der Waals surface area contributed by atoms with Crippen LogP contribution in [0.3, 0.4) is 0 Å². The third-order valence-corrected chi connectivity index (χ3v) is 0.694. The van der Waals surface area contributed by atoms with Crippen LogP contribution in [-0.4, -0.2) is 12.7 Å². The van der Waals surface area contributed by atoms with Crippen LogP contribution in [0.15, 0.2) is 12.5 Å². The highest BCUT2D eigenvalue weighted by Gasteiger charge is 2.32. The molecule has 0 bridgehead atoms. The maximum absolute atomic E-state index is 11.8. The lowest BCUT2D eigenvalue weighted by Gasteiger charge is -1.93. The van der Waals surface area contributed by atoms with Gasteiger partial charge in [-0.15, -0.1) is 0 Å². The molecule has 0 amide bonds. The van der Waals surface area contributed by atoms with Crippen LogP contribution in [-0.2, 0) is 9.47 Å². The second-order valence-electron chi connectivity index (χ2n) is 1.31. The monoisotopic (exact) mass is 122 g/mol. The molecule has 8 heavy (non-hydrogen) atoms. The minimum absolute atomic E-state index is 0.301. The fourth-order valence-electron chi connectivity index (χ4n) is 0.386. The van der Waals surface area contributed by atoms with Crippen molar-refractivity contribution in [2.45, 2.75) is 12.7 Å². The van der Waals surface area contributed by atoms with E-state index in [4.69, 9.17) is 0 Å². The molecule has 1 aliphatic heterocycles. The molecule has 0 unspecified atom stereocenters. The Hall–Kier alpha value is -0.800. The Morgan fingerprint density at radius 3 is 1.75 bits per heavy atom. The minimum atomic E-state index is -2.00. The van der Waals surface area contributed by atoms with E-state index in [1.165, 1.54) is 0 Å². The highest BCUT2D eigenvalue weighted by molar-refractivity contribution is 4.77. The summed E-state index contributed by atoms with van der Waals surface area (Å²) >= 11 is 0. The number of hydrogen-bond donors (Lipinski definition) is 0. The van der Waals surface area contributed by atoms with Gasteiger partial charge in [-0.1, -0.05) is 0 Å². The smallest absolute Gasteiger partial charge is 0.307 e. The summed E-state index contributed by atoms with van der Waals surface area (Å²) in [4.78, 5) is 0. The van der Waals surface area contributed by atoms with Crippen molar-refractivity contribution in [3.8, 4) is 0 Å². The van der Waals surface area contributed by atoms with E-state index in [9.17, 15) is 8.78 Å². The van der Waals surface area contributed by atoms with Crippen LogP contribution in [0.4, 0.5) is 8.78 Å². The van der Waals surface area contributed by atoms with Crippen LogP contribution in [0.5, 0.6) is 0 Å². The van der Waals surface area contributed by atoms with Gasteiger partial charge in [0.1, 0.15) is 0 Å². The average molecular weight is 122 g/mol. The van der Waals surface area contributed by atoms with Crippen molar-refractivity contribution in [3.63, 3.8) is 0 Å². The Morgan fingerprint density at radius 2 is 1.62 bits per heavy atom. The van der Waals surface area contributed by atoms with Crippen molar-refractivity contribution < 1.29 is 18.3 Å². The van der Waals surface area contributed by atoms with E-state index in [0.29, 0.717) is 0 Å². The van der Waals surface area contributed by atoms with E-state index in [2.05, 4.69) is 16.1 Å². The lowest BCUT2D eigenvalue weighted by molar-refractivity contribution is -0.0349. The molecule has 1 fully saturated rings. The molecule has 2 atom stereocenters. The van der Waals surface area contributed by atoms with Crippen LogP contribution < -0.4 is 0 Å². The summed E-state index contributed by atoms with van der Waals surface area (Å²) in [5, 5.41) is 0. The second-order valence-corrected chi connectivity index (χ2v) is 1.31. The van der Waals surface area contributed by atoms with Gasteiger partial charge in [0.05, 0.1) is 0 Å². The highest BCUT2D eigenvalue weighted by Crippen LogP contribution is 2.21. The van der Waals surface area contributed by atoms with Gasteiger partial charge in [-0.05, 0) is 6.58 Å². The van der Waals surface area contributed by atoms with E-state index in [0.717, 1.165) is 0 Å². The predicted octanol–water partition coefficient (Wildman–Crippen LogP) is 1.10. The molecule has 1 rings (SSSR count). The molecule has 2 nitrogen and oxygen atoms in total. The van der Waals surface area contributed by atoms with Crippen LogP contribution in [0.1, 0.15) is 0 Å². The molecule has 0 saturated carbocycles. The number of rotatable bonds is 0. The molecular formula is C4H4F2O2. The summed E-state index contributed by atoms with van der Waals surface area (Å²) < 4.78 is 31.6. The molecule has 0 N–H and O–H groups in total. The Bertz CT molecular complexity index is 103. The molecule has 1 heterocycles. The Kier molecular flexibility index (Phi) is 1.08. The molecule has 46 valence electrons. The normalized spacial score (nSPS) is 36.5.